The molecule has 0 spiro atoms. The van der Waals surface area contributed by atoms with Crippen molar-refractivity contribution in [3.8, 4) is 17.6 Å². The summed E-state index contributed by atoms with van der Waals surface area (Å²) in [7, 11) is 2.12. The molecule has 172 valence electrons. The molecule has 0 aliphatic carbocycles. The van der Waals surface area contributed by atoms with Gasteiger partial charge in [0.05, 0.1) is 26.2 Å². The van der Waals surface area contributed by atoms with Crippen molar-refractivity contribution >= 4 is 44.7 Å². The molecule has 8 heteroatoms. The van der Waals surface area contributed by atoms with Crippen molar-refractivity contribution < 1.29 is 9.13 Å². The highest BCUT2D eigenvalue weighted by molar-refractivity contribution is 7.20. The van der Waals surface area contributed by atoms with E-state index in [9.17, 15) is 4.39 Å². The van der Waals surface area contributed by atoms with Crippen LogP contribution in [0.5, 0.6) is 5.75 Å². The molecule has 2 aromatic carbocycles. The number of anilines is 2. The van der Waals surface area contributed by atoms with Crippen LogP contribution in [-0.2, 0) is 6.61 Å². The second-order valence-corrected chi connectivity index (χ2v) is 9.60. The van der Waals surface area contributed by atoms with Gasteiger partial charge in [0, 0.05) is 5.69 Å². The predicted octanol–water partition coefficient (Wildman–Crippen LogP) is 6.25. The molecule has 1 aliphatic heterocycles. The fraction of sp³-hybridized carbons (Fsp3) is 0.231. The summed E-state index contributed by atoms with van der Waals surface area (Å²) in [5.41, 5.74) is 2.36. The Balaban J connectivity index is 1.31. The zero-order valence-corrected chi connectivity index (χ0v) is 20.1. The Bertz CT molecular complexity index is 1400. The van der Waals surface area contributed by atoms with Crippen LogP contribution in [0.1, 0.15) is 23.3 Å². The van der Waals surface area contributed by atoms with Crippen LogP contribution in [0.25, 0.3) is 10.2 Å². The molecule has 1 saturated heterocycles. The SMILES string of the molecule is CN1CCCC1C#Cc1cc2ncnc(Nc3ccc(OCc4cccc(F)c4)c(Cl)c3)c2s1. The van der Waals surface area contributed by atoms with Gasteiger partial charge in [-0.25, -0.2) is 14.4 Å². The van der Waals surface area contributed by atoms with Crippen molar-refractivity contribution in [2.24, 2.45) is 0 Å². The summed E-state index contributed by atoms with van der Waals surface area (Å²) in [6.45, 7) is 1.33. The summed E-state index contributed by atoms with van der Waals surface area (Å²) < 4.78 is 20.1. The van der Waals surface area contributed by atoms with Gasteiger partial charge in [0.2, 0.25) is 0 Å². The summed E-state index contributed by atoms with van der Waals surface area (Å²) in [5, 5.41) is 3.78. The number of benzene rings is 2. The number of aromatic nitrogens is 2. The minimum atomic E-state index is -0.295. The number of nitrogens with zero attached hydrogens (tertiary/aromatic N) is 3. The van der Waals surface area contributed by atoms with E-state index in [4.69, 9.17) is 16.3 Å². The zero-order valence-electron chi connectivity index (χ0n) is 18.5. The number of nitrogens with one attached hydrogen (secondary N) is 1. The van der Waals surface area contributed by atoms with Gasteiger partial charge in [-0.05, 0) is 68.4 Å². The molecule has 5 nitrogen and oxygen atoms in total. The minimum Gasteiger partial charge on any atom is -0.487 e. The van der Waals surface area contributed by atoms with E-state index < -0.39 is 0 Å². The van der Waals surface area contributed by atoms with Gasteiger partial charge in [0.1, 0.15) is 24.5 Å². The van der Waals surface area contributed by atoms with E-state index in [1.54, 1.807) is 35.6 Å². The van der Waals surface area contributed by atoms with E-state index >= 15 is 0 Å². The van der Waals surface area contributed by atoms with Gasteiger partial charge in [0.25, 0.3) is 0 Å². The average Bonchev–Trinajstić information content (AvgIpc) is 3.43. The normalized spacial score (nSPS) is 15.8. The van der Waals surface area contributed by atoms with Gasteiger partial charge in [-0.15, -0.1) is 11.3 Å². The van der Waals surface area contributed by atoms with E-state index in [0.29, 0.717) is 22.6 Å². The Morgan fingerprint density at radius 3 is 2.94 bits per heavy atom. The molecule has 4 aromatic rings. The third-order valence-electron chi connectivity index (χ3n) is 5.67. The summed E-state index contributed by atoms with van der Waals surface area (Å²) in [6.07, 6.45) is 3.85. The maximum Gasteiger partial charge on any atom is 0.151 e. The lowest BCUT2D eigenvalue weighted by Gasteiger charge is -2.11. The van der Waals surface area contributed by atoms with E-state index in [1.807, 2.05) is 12.1 Å². The standard InChI is InChI=1S/C26H22ClFN4OS/c1-32-11-3-6-20(32)8-9-21-14-23-25(34-21)26(30-16-29-23)31-19-7-10-24(22(27)13-19)33-15-17-4-2-5-18(28)12-17/h2,4-5,7,10,12-14,16,20H,3,6,11,15H2,1H3,(H,29,30,31). The maximum atomic E-state index is 13.4. The number of fused-ring (bicyclic) bond motifs is 1. The Hall–Kier alpha value is -3.18. The number of hydrogen-bond donors (Lipinski definition) is 1. The van der Waals surface area contributed by atoms with Gasteiger partial charge in [-0.3, -0.25) is 4.90 Å². The first-order valence-electron chi connectivity index (χ1n) is 11.0. The maximum absolute atomic E-state index is 13.4. The van der Waals surface area contributed by atoms with E-state index in [2.05, 4.69) is 39.1 Å². The van der Waals surface area contributed by atoms with Crippen molar-refractivity contribution in [1.29, 1.82) is 0 Å². The van der Waals surface area contributed by atoms with Crippen LogP contribution in [0, 0.1) is 17.7 Å². The number of ether oxygens (including phenoxy) is 1. The molecule has 3 heterocycles. The molecule has 0 radical (unpaired) electrons. The molecular weight excluding hydrogens is 471 g/mol. The molecule has 0 amide bonds. The van der Waals surface area contributed by atoms with Gasteiger partial charge >= 0.3 is 0 Å². The summed E-state index contributed by atoms with van der Waals surface area (Å²) >= 11 is 8.01. The van der Waals surface area contributed by atoms with E-state index in [1.165, 1.54) is 24.9 Å². The van der Waals surface area contributed by atoms with Gasteiger partial charge < -0.3 is 10.1 Å². The molecule has 1 N–H and O–H groups in total. The molecule has 1 atom stereocenters. The van der Waals surface area contributed by atoms with Crippen molar-refractivity contribution in [3.63, 3.8) is 0 Å². The molecule has 1 unspecified atom stereocenters. The lowest BCUT2D eigenvalue weighted by atomic mass is 10.2. The fourth-order valence-electron chi connectivity index (χ4n) is 3.87. The first-order chi connectivity index (χ1) is 16.5. The average molecular weight is 493 g/mol. The molecule has 1 fully saturated rings. The first-order valence-corrected chi connectivity index (χ1v) is 12.1. The van der Waals surface area contributed by atoms with Crippen LogP contribution < -0.4 is 10.1 Å². The van der Waals surface area contributed by atoms with Crippen LogP contribution in [0.3, 0.4) is 0 Å². The van der Waals surface area contributed by atoms with Crippen molar-refractivity contribution in [1.82, 2.24) is 14.9 Å². The van der Waals surface area contributed by atoms with Crippen LogP contribution in [0.4, 0.5) is 15.9 Å². The Labute approximate surface area is 206 Å². The van der Waals surface area contributed by atoms with E-state index in [0.717, 1.165) is 39.3 Å². The summed E-state index contributed by atoms with van der Waals surface area (Å²) in [5.74, 6) is 7.63. The number of hydrogen-bond acceptors (Lipinski definition) is 6. The monoisotopic (exact) mass is 492 g/mol. The van der Waals surface area contributed by atoms with Crippen LogP contribution >= 0.6 is 22.9 Å². The highest BCUT2D eigenvalue weighted by atomic mass is 35.5. The Morgan fingerprint density at radius 2 is 2.15 bits per heavy atom. The minimum absolute atomic E-state index is 0.229. The summed E-state index contributed by atoms with van der Waals surface area (Å²) in [6, 6.07) is 14.0. The molecule has 1 aliphatic rings. The van der Waals surface area contributed by atoms with Crippen LogP contribution in [-0.4, -0.2) is 34.5 Å². The fourth-order valence-corrected chi connectivity index (χ4v) is 5.02. The predicted molar refractivity (Wildman–Crippen MR) is 135 cm³/mol. The molecular formula is C26H22ClFN4OS. The van der Waals surface area contributed by atoms with E-state index in [-0.39, 0.29) is 12.4 Å². The number of rotatable bonds is 5. The highest BCUT2D eigenvalue weighted by Gasteiger charge is 2.18. The van der Waals surface area contributed by atoms with Gasteiger partial charge in [-0.1, -0.05) is 35.6 Å². The second-order valence-electron chi connectivity index (χ2n) is 8.14. The largest absolute Gasteiger partial charge is 0.487 e. The molecule has 0 bridgehead atoms. The van der Waals surface area contributed by atoms with Gasteiger partial charge in [0.15, 0.2) is 5.82 Å². The second kappa shape index (κ2) is 9.98. The van der Waals surface area contributed by atoms with Crippen molar-refractivity contribution in [3.05, 3.63) is 76.1 Å². The number of halogens is 2. The third kappa shape index (κ3) is 5.15. The van der Waals surface area contributed by atoms with Crippen LogP contribution in [0.15, 0.2) is 54.9 Å². The number of likely N-dealkylation sites (tertiary alicyclic amines) is 1. The van der Waals surface area contributed by atoms with Crippen molar-refractivity contribution in [2.45, 2.75) is 25.5 Å². The number of thiophene rings is 1. The van der Waals surface area contributed by atoms with Crippen molar-refractivity contribution in [2.75, 3.05) is 18.9 Å². The quantitative estimate of drug-likeness (QED) is 0.333. The first kappa shape index (κ1) is 22.6. The Kier molecular flexibility index (Phi) is 6.63. The van der Waals surface area contributed by atoms with Gasteiger partial charge in [-0.2, -0.15) is 0 Å². The Morgan fingerprint density at radius 1 is 1.24 bits per heavy atom. The summed E-state index contributed by atoms with van der Waals surface area (Å²) in [4.78, 5) is 12.1. The van der Waals surface area contributed by atoms with Crippen LogP contribution in [0.2, 0.25) is 5.02 Å². The highest BCUT2D eigenvalue weighted by Crippen LogP contribution is 2.33. The lowest BCUT2D eigenvalue weighted by molar-refractivity contribution is 0.306. The molecule has 5 rings (SSSR count). The molecule has 0 saturated carbocycles. The molecule has 2 aromatic heterocycles. The topological polar surface area (TPSA) is 50.3 Å². The molecule has 34 heavy (non-hydrogen) atoms. The third-order valence-corrected chi connectivity index (χ3v) is 7.01. The zero-order chi connectivity index (χ0) is 23.5. The smallest absolute Gasteiger partial charge is 0.151 e. The lowest BCUT2D eigenvalue weighted by Crippen LogP contribution is -2.22.